The number of rotatable bonds is 7. The lowest BCUT2D eigenvalue weighted by Gasteiger charge is -2.37. The highest BCUT2D eigenvalue weighted by Crippen LogP contribution is 2.43. The summed E-state index contributed by atoms with van der Waals surface area (Å²) in [6, 6.07) is 1.36. The van der Waals surface area contributed by atoms with Crippen LogP contribution < -0.4 is 16.3 Å². The van der Waals surface area contributed by atoms with Gasteiger partial charge < -0.3 is 20.5 Å². The number of hydrogen-bond donors (Lipinski definition) is 3. The zero-order valence-corrected chi connectivity index (χ0v) is 24.7. The lowest BCUT2D eigenvalue weighted by atomic mass is 9.77. The Bertz CT molecular complexity index is 2060. The van der Waals surface area contributed by atoms with Crippen LogP contribution in [-0.2, 0) is 26.8 Å². The molecule has 3 aliphatic rings. The normalized spacial score (nSPS) is 24.8. The van der Waals surface area contributed by atoms with Crippen LogP contribution in [0.3, 0.4) is 0 Å². The van der Waals surface area contributed by atoms with Crippen LogP contribution in [0, 0.1) is 0 Å². The molecule has 4 aromatic rings. The third kappa shape index (κ3) is 4.82. The number of carbonyl (C=O) groups is 3. The Morgan fingerprint density at radius 2 is 1.91 bits per heavy atom. The zero-order valence-electron chi connectivity index (χ0n) is 28.7. The number of aliphatic carboxylic acids is 1. The van der Waals surface area contributed by atoms with Crippen LogP contribution in [-0.4, -0.2) is 65.0 Å². The number of ether oxygens (including phenoxy) is 1. The molecule has 4 aromatic heterocycles. The van der Waals surface area contributed by atoms with Gasteiger partial charge in [-0.1, -0.05) is 0 Å². The summed E-state index contributed by atoms with van der Waals surface area (Å²) in [6.07, 6.45) is 6.44. The Kier molecular flexibility index (Phi) is 6.00. The number of nitrogens with zero attached hydrogens (tertiary/aromatic N) is 6. The number of imidazole rings is 1. The van der Waals surface area contributed by atoms with Gasteiger partial charge in [-0.2, -0.15) is 5.10 Å². The van der Waals surface area contributed by atoms with Gasteiger partial charge in [-0.05, 0) is 68.9 Å². The van der Waals surface area contributed by atoms with E-state index in [1.807, 2.05) is 6.07 Å². The SMILES string of the molecule is [2H]C([2H])([2H])n1c(=O)n([C@@H]2CC[C@@]([2H])(NC(=O)OC)C2)c2cc(Nc3cc(C4CCC(=O)CC4)c4cnn(C5(C(=O)O)CCC5)c4n3)ncc21. The van der Waals surface area contributed by atoms with Gasteiger partial charge in [0.05, 0.1) is 31.9 Å². The predicted octanol–water partition coefficient (Wildman–Crippen LogP) is 3.86. The van der Waals surface area contributed by atoms with Crippen molar-refractivity contribution in [1.29, 1.82) is 0 Å². The maximum atomic E-state index is 13.7. The van der Waals surface area contributed by atoms with E-state index in [9.17, 15) is 24.3 Å². The van der Waals surface area contributed by atoms with E-state index in [1.165, 1.54) is 22.6 Å². The van der Waals surface area contributed by atoms with Crippen molar-refractivity contribution in [3.63, 3.8) is 0 Å². The van der Waals surface area contributed by atoms with Gasteiger partial charge in [0.25, 0.3) is 0 Å². The molecule has 14 nitrogen and oxygen atoms in total. The lowest BCUT2D eigenvalue weighted by molar-refractivity contribution is -0.153. The van der Waals surface area contributed by atoms with Crippen LogP contribution in [0.15, 0.2) is 29.3 Å². The summed E-state index contributed by atoms with van der Waals surface area (Å²) >= 11 is 0. The summed E-state index contributed by atoms with van der Waals surface area (Å²) < 4.78 is 41.1. The third-order valence-electron chi connectivity index (χ3n) is 9.65. The van der Waals surface area contributed by atoms with Gasteiger partial charge in [0.15, 0.2) is 11.2 Å². The molecular formula is C31H36N8O6. The molecule has 236 valence electrons. The number of Topliss-reactive ketones (excluding diaryl/α,β-unsaturated/α-hetero) is 1. The topological polar surface area (TPSA) is 175 Å². The van der Waals surface area contributed by atoms with Gasteiger partial charge in [-0.25, -0.2) is 29.0 Å². The summed E-state index contributed by atoms with van der Waals surface area (Å²) in [7, 11) is 1.19. The fourth-order valence-electron chi connectivity index (χ4n) is 7.05. The van der Waals surface area contributed by atoms with E-state index < -0.39 is 42.3 Å². The van der Waals surface area contributed by atoms with Gasteiger partial charge in [-0.15, -0.1) is 0 Å². The number of hydrogen-bond acceptors (Lipinski definition) is 9. The molecule has 0 spiro atoms. The number of carboxylic acids is 1. The van der Waals surface area contributed by atoms with Gasteiger partial charge in [0, 0.05) is 47.4 Å². The van der Waals surface area contributed by atoms with Crippen molar-refractivity contribution in [2.45, 2.75) is 87.7 Å². The molecule has 7 rings (SSSR count). The van der Waals surface area contributed by atoms with E-state index in [2.05, 4.69) is 25.5 Å². The zero-order chi connectivity index (χ0) is 34.9. The van der Waals surface area contributed by atoms with Gasteiger partial charge in [0.1, 0.15) is 17.4 Å². The minimum absolute atomic E-state index is 0.0172. The molecule has 1 amide bonds. The molecule has 0 aromatic carbocycles. The number of pyridine rings is 2. The first-order valence-electron chi connectivity index (χ1n) is 17.1. The molecule has 3 fully saturated rings. The average molecular weight is 621 g/mol. The molecule has 3 saturated carbocycles. The number of carbonyl (C=O) groups excluding carboxylic acids is 2. The minimum Gasteiger partial charge on any atom is -0.479 e. The van der Waals surface area contributed by atoms with E-state index in [1.54, 1.807) is 12.3 Å². The molecule has 45 heavy (non-hydrogen) atoms. The van der Waals surface area contributed by atoms with Crippen LogP contribution in [0.1, 0.15) is 87.2 Å². The lowest BCUT2D eigenvalue weighted by Crippen LogP contribution is -2.48. The van der Waals surface area contributed by atoms with Crippen molar-refractivity contribution in [2.75, 3.05) is 12.4 Å². The second-order valence-electron chi connectivity index (χ2n) is 12.2. The summed E-state index contributed by atoms with van der Waals surface area (Å²) in [6.45, 7) is -2.82. The van der Waals surface area contributed by atoms with Crippen molar-refractivity contribution in [1.82, 2.24) is 34.2 Å². The first kappa shape index (κ1) is 24.6. The second kappa shape index (κ2) is 11.0. The first-order chi connectivity index (χ1) is 23.2. The van der Waals surface area contributed by atoms with Crippen LogP contribution in [0.5, 0.6) is 0 Å². The van der Waals surface area contributed by atoms with Gasteiger partial charge in [-0.3, -0.25) is 13.9 Å². The molecule has 0 bridgehead atoms. The smallest absolute Gasteiger partial charge is 0.407 e. The van der Waals surface area contributed by atoms with E-state index in [-0.39, 0.29) is 41.4 Å². The Labute approximate surface area is 263 Å². The highest BCUT2D eigenvalue weighted by atomic mass is 16.5. The highest BCUT2D eigenvalue weighted by Gasteiger charge is 2.48. The molecular weight excluding hydrogens is 580 g/mol. The monoisotopic (exact) mass is 620 g/mol. The number of amides is 1. The second-order valence-corrected chi connectivity index (χ2v) is 12.2. The molecule has 0 saturated heterocycles. The van der Waals surface area contributed by atoms with Crippen molar-refractivity contribution in [3.05, 3.63) is 40.6 Å². The molecule has 0 unspecified atom stereocenters. The number of alkyl carbamates (subject to hydrolysis) is 1. The van der Waals surface area contributed by atoms with E-state index in [0.29, 0.717) is 66.4 Å². The summed E-state index contributed by atoms with van der Waals surface area (Å²) in [5, 5.41) is 21.1. The number of aromatic nitrogens is 6. The van der Waals surface area contributed by atoms with Gasteiger partial charge in [0.2, 0.25) is 0 Å². The molecule has 3 aliphatic carbocycles. The Balaban J connectivity index is 1.32. The predicted molar refractivity (Wildman–Crippen MR) is 164 cm³/mol. The summed E-state index contributed by atoms with van der Waals surface area (Å²) in [4.78, 5) is 59.4. The van der Waals surface area contributed by atoms with Crippen LogP contribution in [0.25, 0.3) is 22.1 Å². The number of carboxylic acid groups (broad SMARTS) is 1. The van der Waals surface area contributed by atoms with Crippen molar-refractivity contribution in [3.8, 4) is 0 Å². The van der Waals surface area contributed by atoms with E-state index in [4.69, 9.17) is 10.5 Å². The maximum absolute atomic E-state index is 13.7. The Hall–Kier alpha value is -4.75. The molecule has 0 radical (unpaired) electrons. The number of methoxy groups -OCH3 is 1. The largest absolute Gasteiger partial charge is 0.479 e. The summed E-state index contributed by atoms with van der Waals surface area (Å²) in [5.74, 6) is -0.184. The van der Waals surface area contributed by atoms with Crippen LogP contribution >= 0.6 is 0 Å². The number of fused-ring (bicyclic) bond motifs is 2. The molecule has 3 N–H and O–H groups in total. The fourth-order valence-corrected chi connectivity index (χ4v) is 7.05. The number of ketones is 1. The molecule has 4 heterocycles. The third-order valence-corrected chi connectivity index (χ3v) is 9.65. The standard InChI is InChI=1S/C31H36N8O6/c1-37-24-16-32-25(14-23(24)38(30(37)44)19-7-6-18(12-19)34-29(43)45-2)35-26-13-21(17-4-8-20(40)9-5-17)22-15-33-39(27(22)36-26)31(28(41)42)10-3-11-31/h13-19H,3-12H2,1-2H3,(H,34,43)(H,41,42)(H,32,35,36)/t18-,19-/m1/s1/i1D3,18D. The minimum atomic E-state index is -2.82. The van der Waals surface area contributed by atoms with Crippen LogP contribution in [0.2, 0.25) is 0 Å². The number of anilines is 2. The number of aryl methyl sites for hydroxylation is 1. The maximum Gasteiger partial charge on any atom is 0.407 e. The average Bonchev–Trinajstić information content (AvgIpc) is 3.69. The van der Waals surface area contributed by atoms with Crippen molar-refractivity contribution < 1.29 is 29.7 Å². The van der Waals surface area contributed by atoms with E-state index >= 15 is 0 Å². The molecule has 2 atom stereocenters. The quantitative estimate of drug-likeness (QED) is 0.275. The number of nitrogens with one attached hydrogen (secondary N) is 2. The van der Waals surface area contributed by atoms with Crippen molar-refractivity contribution in [2.24, 2.45) is 6.98 Å². The first-order valence-corrected chi connectivity index (χ1v) is 15.1. The Morgan fingerprint density at radius 3 is 2.60 bits per heavy atom. The van der Waals surface area contributed by atoms with E-state index in [0.717, 1.165) is 12.0 Å². The highest BCUT2D eigenvalue weighted by molar-refractivity contribution is 5.87. The van der Waals surface area contributed by atoms with Crippen molar-refractivity contribution >= 4 is 51.5 Å². The van der Waals surface area contributed by atoms with Gasteiger partial charge >= 0.3 is 17.8 Å². The van der Waals surface area contributed by atoms with Crippen LogP contribution in [0.4, 0.5) is 16.4 Å². The molecule has 14 heteroatoms. The Morgan fingerprint density at radius 1 is 1.11 bits per heavy atom. The fraction of sp³-hybridized carbons (Fsp3) is 0.516. The molecule has 0 aliphatic heterocycles. The summed E-state index contributed by atoms with van der Waals surface area (Å²) in [5.41, 5.74) is -0.396.